The average Bonchev–Trinajstić information content (AvgIpc) is 2.55. The zero-order valence-corrected chi connectivity index (χ0v) is 9.22. The van der Waals surface area contributed by atoms with Crippen molar-refractivity contribution < 1.29 is 0 Å². The van der Waals surface area contributed by atoms with Gasteiger partial charge in [-0.1, -0.05) is 27.4 Å². The number of aromatic amines is 1. The van der Waals surface area contributed by atoms with Gasteiger partial charge in [-0.3, -0.25) is 0 Å². The van der Waals surface area contributed by atoms with Crippen LogP contribution >= 0.6 is 0 Å². The summed E-state index contributed by atoms with van der Waals surface area (Å²) in [5.41, 5.74) is 2.37. The minimum Gasteiger partial charge on any atom is -0.388 e. The van der Waals surface area contributed by atoms with E-state index < -0.39 is 0 Å². The van der Waals surface area contributed by atoms with E-state index in [1.54, 1.807) is 6.33 Å². The minimum atomic E-state index is 0.133. The lowest BCUT2D eigenvalue weighted by Crippen LogP contribution is -2.25. The molecule has 3 heteroatoms. The van der Waals surface area contributed by atoms with Crippen LogP contribution in [0.2, 0.25) is 0 Å². The number of hydrogen-bond donors (Lipinski definition) is 2. The molecule has 0 radical (unpaired) electrons. The Hall–Kier alpha value is -1.25. The molecule has 0 bridgehead atoms. The number of allylic oxidation sites excluding steroid dienone is 1. The fourth-order valence-electron chi connectivity index (χ4n) is 1.03. The second-order valence-electron chi connectivity index (χ2n) is 4.48. The SMILES string of the molecule is C=C(NCCc1cnc[nH]1)C(C)(C)C. The molecule has 0 aliphatic rings. The summed E-state index contributed by atoms with van der Waals surface area (Å²) in [5.74, 6) is 0. The van der Waals surface area contributed by atoms with Gasteiger partial charge in [0.15, 0.2) is 0 Å². The van der Waals surface area contributed by atoms with Gasteiger partial charge < -0.3 is 10.3 Å². The van der Waals surface area contributed by atoms with Gasteiger partial charge >= 0.3 is 0 Å². The molecule has 0 unspecified atom stereocenters. The van der Waals surface area contributed by atoms with E-state index in [0.29, 0.717) is 0 Å². The Bertz CT molecular complexity index is 280. The molecule has 14 heavy (non-hydrogen) atoms. The van der Waals surface area contributed by atoms with Crippen molar-refractivity contribution in [3.05, 3.63) is 30.5 Å². The quantitative estimate of drug-likeness (QED) is 0.769. The highest BCUT2D eigenvalue weighted by Gasteiger charge is 2.13. The number of H-pyrrole nitrogens is 1. The molecule has 0 saturated heterocycles. The first-order valence-corrected chi connectivity index (χ1v) is 4.90. The first kappa shape index (κ1) is 10.8. The number of nitrogens with zero attached hydrogens (tertiary/aromatic N) is 1. The van der Waals surface area contributed by atoms with Crippen molar-refractivity contribution in [2.45, 2.75) is 27.2 Å². The Balaban J connectivity index is 2.26. The molecular formula is C11H19N3. The fourth-order valence-corrected chi connectivity index (χ4v) is 1.03. The van der Waals surface area contributed by atoms with Crippen molar-refractivity contribution >= 4 is 0 Å². The number of imidazole rings is 1. The topological polar surface area (TPSA) is 40.7 Å². The third-order valence-electron chi connectivity index (χ3n) is 2.19. The molecule has 1 rings (SSSR count). The largest absolute Gasteiger partial charge is 0.388 e. The third kappa shape index (κ3) is 3.24. The van der Waals surface area contributed by atoms with E-state index in [2.05, 4.69) is 42.6 Å². The molecule has 3 nitrogen and oxygen atoms in total. The van der Waals surface area contributed by atoms with Crippen LogP contribution in [0.4, 0.5) is 0 Å². The van der Waals surface area contributed by atoms with Crippen molar-refractivity contribution in [3.8, 4) is 0 Å². The van der Waals surface area contributed by atoms with Gasteiger partial charge in [-0.2, -0.15) is 0 Å². The van der Waals surface area contributed by atoms with Crippen LogP contribution in [0.5, 0.6) is 0 Å². The monoisotopic (exact) mass is 193 g/mol. The van der Waals surface area contributed by atoms with Gasteiger partial charge in [0.2, 0.25) is 0 Å². The van der Waals surface area contributed by atoms with Crippen molar-refractivity contribution in [2.75, 3.05) is 6.54 Å². The van der Waals surface area contributed by atoms with Crippen molar-refractivity contribution in [3.63, 3.8) is 0 Å². The lowest BCUT2D eigenvalue weighted by Gasteiger charge is -2.23. The summed E-state index contributed by atoms with van der Waals surface area (Å²) < 4.78 is 0. The van der Waals surface area contributed by atoms with E-state index in [-0.39, 0.29) is 5.41 Å². The van der Waals surface area contributed by atoms with Crippen LogP contribution in [0, 0.1) is 5.41 Å². The van der Waals surface area contributed by atoms with Gasteiger partial charge in [0.1, 0.15) is 0 Å². The highest BCUT2D eigenvalue weighted by molar-refractivity contribution is 5.03. The maximum Gasteiger partial charge on any atom is 0.0921 e. The predicted molar refractivity (Wildman–Crippen MR) is 58.9 cm³/mol. The number of hydrogen-bond acceptors (Lipinski definition) is 2. The summed E-state index contributed by atoms with van der Waals surface area (Å²) in [4.78, 5) is 7.03. The Morgan fingerprint density at radius 1 is 1.57 bits per heavy atom. The van der Waals surface area contributed by atoms with Crippen LogP contribution in [0.1, 0.15) is 26.5 Å². The first-order chi connectivity index (χ1) is 6.50. The Morgan fingerprint density at radius 3 is 2.79 bits per heavy atom. The van der Waals surface area contributed by atoms with Gasteiger partial charge in [0.25, 0.3) is 0 Å². The second kappa shape index (κ2) is 4.31. The van der Waals surface area contributed by atoms with E-state index >= 15 is 0 Å². The predicted octanol–water partition coefficient (Wildman–Crippen LogP) is 2.10. The molecule has 1 aromatic rings. The molecule has 1 aromatic heterocycles. The number of nitrogens with one attached hydrogen (secondary N) is 2. The Labute approximate surface area is 85.6 Å². The second-order valence-corrected chi connectivity index (χ2v) is 4.48. The van der Waals surface area contributed by atoms with Gasteiger partial charge in [-0.15, -0.1) is 0 Å². The van der Waals surface area contributed by atoms with Gasteiger partial charge in [-0.05, 0) is 0 Å². The molecule has 0 aliphatic carbocycles. The molecule has 0 saturated carbocycles. The van der Waals surface area contributed by atoms with Crippen molar-refractivity contribution in [2.24, 2.45) is 5.41 Å². The summed E-state index contributed by atoms with van der Waals surface area (Å²) in [6.07, 6.45) is 4.50. The highest BCUT2D eigenvalue weighted by Crippen LogP contribution is 2.20. The standard InChI is InChI=1S/C11H19N3/c1-9(11(2,3)4)13-6-5-10-7-12-8-14-10/h7-8,13H,1,5-6H2,2-4H3,(H,12,14). The van der Waals surface area contributed by atoms with E-state index in [0.717, 1.165) is 24.4 Å². The lowest BCUT2D eigenvalue weighted by atomic mass is 9.93. The summed E-state index contributed by atoms with van der Waals surface area (Å²) in [6.45, 7) is 11.4. The van der Waals surface area contributed by atoms with Crippen LogP contribution in [0.15, 0.2) is 24.8 Å². The molecule has 0 spiro atoms. The minimum absolute atomic E-state index is 0.133. The zero-order valence-electron chi connectivity index (χ0n) is 9.22. The van der Waals surface area contributed by atoms with E-state index in [4.69, 9.17) is 0 Å². The van der Waals surface area contributed by atoms with Crippen molar-refractivity contribution in [1.82, 2.24) is 15.3 Å². The molecule has 0 aromatic carbocycles. The molecule has 0 atom stereocenters. The summed E-state index contributed by atoms with van der Waals surface area (Å²) in [6, 6.07) is 0. The maximum absolute atomic E-state index is 4.01. The van der Waals surface area contributed by atoms with E-state index in [9.17, 15) is 0 Å². The first-order valence-electron chi connectivity index (χ1n) is 4.90. The molecule has 0 amide bonds. The molecule has 1 heterocycles. The van der Waals surface area contributed by atoms with Crippen LogP contribution < -0.4 is 5.32 Å². The van der Waals surface area contributed by atoms with Crippen LogP contribution in [0.3, 0.4) is 0 Å². The van der Waals surface area contributed by atoms with E-state index in [1.165, 1.54) is 0 Å². The fraction of sp³-hybridized carbons (Fsp3) is 0.545. The zero-order chi connectivity index (χ0) is 10.6. The average molecular weight is 193 g/mol. The smallest absolute Gasteiger partial charge is 0.0921 e. The van der Waals surface area contributed by atoms with Crippen LogP contribution in [-0.4, -0.2) is 16.5 Å². The normalized spacial score (nSPS) is 11.4. The van der Waals surface area contributed by atoms with Crippen LogP contribution in [-0.2, 0) is 6.42 Å². The number of aromatic nitrogens is 2. The highest BCUT2D eigenvalue weighted by atomic mass is 14.9. The number of rotatable bonds is 4. The summed E-state index contributed by atoms with van der Waals surface area (Å²) in [5, 5.41) is 3.32. The molecule has 0 fully saturated rings. The van der Waals surface area contributed by atoms with Gasteiger partial charge in [0, 0.05) is 36.0 Å². The van der Waals surface area contributed by atoms with E-state index in [1.807, 2.05) is 6.20 Å². The molecule has 2 N–H and O–H groups in total. The molecular weight excluding hydrogens is 174 g/mol. The van der Waals surface area contributed by atoms with Gasteiger partial charge in [-0.25, -0.2) is 4.98 Å². The third-order valence-corrected chi connectivity index (χ3v) is 2.19. The summed E-state index contributed by atoms with van der Waals surface area (Å²) >= 11 is 0. The van der Waals surface area contributed by atoms with Crippen molar-refractivity contribution in [1.29, 1.82) is 0 Å². The van der Waals surface area contributed by atoms with Crippen LogP contribution in [0.25, 0.3) is 0 Å². The molecule has 78 valence electrons. The Morgan fingerprint density at radius 2 is 2.29 bits per heavy atom. The summed E-state index contributed by atoms with van der Waals surface area (Å²) in [7, 11) is 0. The van der Waals surface area contributed by atoms with Gasteiger partial charge in [0.05, 0.1) is 6.33 Å². The maximum atomic E-state index is 4.01. The lowest BCUT2D eigenvalue weighted by molar-refractivity contribution is 0.462. The Kier molecular flexibility index (Phi) is 3.33. The molecule has 0 aliphatic heterocycles.